The highest BCUT2D eigenvalue weighted by Gasteiger charge is 1.98. The van der Waals surface area contributed by atoms with Gasteiger partial charge >= 0.3 is 11.9 Å². The van der Waals surface area contributed by atoms with E-state index in [0.717, 1.165) is 22.6 Å². The number of ether oxygens (including phenoxy) is 6. The highest BCUT2D eigenvalue weighted by molar-refractivity contribution is 5.87. The molecule has 2 aromatic carbocycles. The highest BCUT2D eigenvalue weighted by Crippen LogP contribution is 2.13. The molecule has 2 rings (SSSR count). The minimum absolute atomic E-state index is 0.277. The lowest BCUT2D eigenvalue weighted by molar-refractivity contribution is -0.140. The molecule has 0 amide bonds. The second-order valence-electron chi connectivity index (χ2n) is 6.94. The predicted molar refractivity (Wildman–Crippen MR) is 139 cm³/mol. The molecule has 0 atom stereocenters. The Balaban J connectivity index is 0.000000360. The zero-order chi connectivity index (χ0) is 26.4. The second kappa shape index (κ2) is 19.7. The van der Waals surface area contributed by atoms with Crippen LogP contribution in [0.25, 0.3) is 12.2 Å². The lowest BCUT2D eigenvalue weighted by Gasteiger charge is -2.02. The third-order valence-corrected chi connectivity index (χ3v) is 4.41. The fourth-order valence-corrected chi connectivity index (χ4v) is 2.55. The normalized spacial score (nSPS) is 10.6. The Morgan fingerprint density at radius 3 is 1.28 bits per heavy atom. The standard InChI is InChI=1S/2C14H18O4/c2*1-3-17-10-11-18-14(15)9-6-12-4-7-13(16-2)8-5-12/h2*4-9H,3,10-11H2,1-2H3/b2*9-6+. The summed E-state index contributed by atoms with van der Waals surface area (Å²) in [6.07, 6.45) is 6.19. The molecule has 0 aliphatic rings. The summed E-state index contributed by atoms with van der Waals surface area (Å²) < 4.78 is 30.1. The van der Waals surface area contributed by atoms with Crippen molar-refractivity contribution >= 4 is 24.1 Å². The maximum Gasteiger partial charge on any atom is 0.330 e. The Kier molecular flexibility index (Phi) is 16.6. The van der Waals surface area contributed by atoms with E-state index in [1.165, 1.54) is 12.2 Å². The van der Waals surface area contributed by atoms with Gasteiger partial charge in [-0.1, -0.05) is 24.3 Å². The molecule has 0 saturated carbocycles. The van der Waals surface area contributed by atoms with E-state index < -0.39 is 0 Å². The van der Waals surface area contributed by atoms with E-state index in [9.17, 15) is 9.59 Å². The van der Waals surface area contributed by atoms with Crippen molar-refractivity contribution in [2.45, 2.75) is 13.8 Å². The minimum atomic E-state index is -0.370. The lowest BCUT2D eigenvalue weighted by atomic mass is 10.2. The van der Waals surface area contributed by atoms with E-state index >= 15 is 0 Å². The number of methoxy groups -OCH3 is 2. The fourth-order valence-electron chi connectivity index (χ4n) is 2.55. The molecule has 0 unspecified atom stereocenters. The molecule has 0 bridgehead atoms. The summed E-state index contributed by atoms with van der Waals surface area (Å²) in [7, 11) is 3.22. The van der Waals surface area contributed by atoms with Crippen LogP contribution in [0.5, 0.6) is 11.5 Å². The van der Waals surface area contributed by atoms with Gasteiger partial charge in [0.05, 0.1) is 27.4 Å². The molecule has 0 heterocycles. The maximum absolute atomic E-state index is 11.3. The van der Waals surface area contributed by atoms with Gasteiger partial charge in [-0.05, 0) is 61.4 Å². The molecule has 2 aromatic rings. The highest BCUT2D eigenvalue weighted by atomic mass is 16.6. The van der Waals surface area contributed by atoms with Crippen LogP contribution in [0, 0.1) is 0 Å². The second-order valence-corrected chi connectivity index (χ2v) is 6.94. The largest absolute Gasteiger partial charge is 0.497 e. The van der Waals surface area contributed by atoms with Gasteiger partial charge in [0.25, 0.3) is 0 Å². The van der Waals surface area contributed by atoms with E-state index in [1.54, 1.807) is 26.4 Å². The first-order valence-corrected chi connectivity index (χ1v) is 11.7. The first-order valence-electron chi connectivity index (χ1n) is 11.7. The number of rotatable bonds is 14. The zero-order valence-electron chi connectivity index (χ0n) is 21.4. The Labute approximate surface area is 213 Å². The topological polar surface area (TPSA) is 89.5 Å². The summed E-state index contributed by atoms with van der Waals surface area (Å²) in [5.41, 5.74) is 1.83. The molecule has 0 aliphatic heterocycles. The van der Waals surface area contributed by atoms with E-state index in [-0.39, 0.29) is 25.2 Å². The van der Waals surface area contributed by atoms with E-state index in [2.05, 4.69) is 0 Å². The van der Waals surface area contributed by atoms with Gasteiger partial charge in [0.2, 0.25) is 0 Å². The first kappa shape index (κ1) is 30.4. The van der Waals surface area contributed by atoms with Gasteiger partial charge in [0.1, 0.15) is 24.7 Å². The first-order chi connectivity index (χ1) is 17.5. The molecule has 0 saturated heterocycles. The lowest BCUT2D eigenvalue weighted by Crippen LogP contribution is -2.08. The molecule has 196 valence electrons. The van der Waals surface area contributed by atoms with E-state index in [0.29, 0.717) is 26.4 Å². The van der Waals surface area contributed by atoms with Crippen LogP contribution in [0.2, 0.25) is 0 Å². The van der Waals surface area contributed by atoms with Crippen LogP contribution in [-0.4, -0.2) is 65.8 Å². The molecular weight excluding hydrogens is 464 g/mol. The van der Waals surface area contributed by atoms with Crippen molar-refractivity contribution in [3.63, 3.8) is 0 Å². The van der Waals surface area contributed by atoms with Gasteiger partial charge in [-0.2, -0.15) is 0 Å². The van der Waals surface area contributed by atoms with Crippen LogP contribution < -0.4 is 9.47 Å². The van der Waals surface area contributed by atoms with Crippen LogP contribution in [0.15, 0.2) is 60.7 Å². The Hall–Kier alpha value is -3.62. The maximum atomic E-state index is 11.3. The molecule has 0 aliphatic carbocycles. The van der Waals surface area contributed by atoms with Crippen LogP contribution in [-0.2, 0) is 28.5 Å². The molecule has 8 heteroatoms. The molecule has 0 radical (unpaired) electrons. The molecule has 36 heavy (non-hydrogen) atoms. The number of esters is 2. The van der Waals surface area contributed by atoms with Crippen molar-refractivity contribution in [2.75, 3.05) is 53.9 Å². The SMILES string of the molecule is CCOCCOC(=O)/C=C/c1ccc(OC)cc1.CCOCCOC(=O)/C=C/c1ccc(OC)cc1. The van der Waals surface area contributed by atoms with Crippen LogP contribution in [0.1, 0.15) is 25.0 Å². The number of benzene rings is 2. The smallest absolute Gasteiger partial charge is 0.330 e. The number of carbonyl (C=O) groups excluding carboxylic acids is 2. The number of hydrogen-bond acceptors (Lipinski definition) is 8. The monoisotopic (exact) mass is 500 g/mol. The van der Waals surface area contributed by atoms with Crippen molar-refractivity contribution in [1.82, 2.24) is 0 Å². The molecule has 0 spiro atoms. The molecule has 0 N–H and O–H groups in total. The van der Waals surface area contributed by atoms with Crippen molar-refractivity contribution in [2.24, 2.45) is 0 Å². The van der Waals surface area contributed by atoms with Gasteiger partial charge in [0, 0.05) is 25.4 Å². The summed E-state index contributed by atoms with van der Waals surface area (Å²) >= 11 is 0. The van der Waals surface area contributed by atoms with E-state index in [1.807, 2.05) is 62.4 Å². The molecular formula is C28H36O8. The minimum Gasteiger partial charge on any atom is -0.497 e. The third-order valence-electron chi connectivity index (χ3n) is 4.41. The van der Waals surface area contributed by atoms with Gasteiger partial charge in [0.15, 0.2) is 0 Å². The number of carbonyl (C=O) groups is 2. The van der Waals surface area contributed by atoms with Crippen molar-refractivity contribution in [3.8, 4) is 11.5 Å². The molecule has 0 aromatic heterocycles. The Morgan fingerprint density at radius 2 is 0.972 bits per heavy atom. The molecule has 0 fully saturated rings. The Bertz CT molecular complexity index is 840. The van der Waals surface area contributed by atoms with Crippen LogP contribution in [0.3, 0.4) is 0 Å². The molecule has 8 nitrogen and oxygen atoms in total. The zero-order valence-corrected chi connectivity index (χ0v) is 21.4. The third kappa shape index (κ3) is 14.6. The summed E-state index contributed by atoms with van der Waals surface area (Å²) in [6, 6.07) is 14.8. The van der Waals surface area contributed by atoms with Gasteiger partial charge in [-0.3, -0.25) is 0 Å². The Morgan fingerprint density at radius 1 is 0.611 bits per heavy atom. The average molecular weight is 501 g/mol. The van der Waals surface area contributed by atoms with Crippen molar-refractivity contribution in [3.05, 3.63) is 71.8 Å². The van der Waals surface area contributed by atoms with Crippen molar-refractivity contribution < 1.29 is 38.0 Å². The predicted octanol–water partition coefficient (Wildman–Crippen LogP) is 4.58. The number of hydrogen-bond donors (Lipinski definition) is 0. The van der Waals surface area contributed by atoms with Crippen molar-refractivity contribution in [1.29, 1.82) is 0 Å². The summed E-state index contributed by atoms with van der Waals surface area (Å²) in [6.45, 7) is 6.45. The quantitative estimate of drug-likeness (QED) is 0.212. The van der Waals surface area contributed by atoms with Crippen LogP contribution in [0.4, 0.5) is 0 Å². The average Bonchev–Trinajstić information content (AvgIpc) is 2.92. The summed E-state index contributed by atoms with van der Waals surface area (Å²) in [5.74, 6) is 0.828. The summed E-state index contributed by atoms with van der Waals surface area (Å²) in [4.78, 5) is 22.6. The van der Waals surface area contributed by atoms with Gasteiger partial charge in [-0.15, -0.1) is 0 Å². The van der Waals surface area contributed by atoms with Crippen LogP contribution >= 0.6 is 0 Å². The van der Waals surface area contributed by atoms with Gasteiger partial charge < -0.3 is 28.4 Å². The van der Waals surface area contributed by atoms with Gasteiger partial charge in [-0.25, -0.2) is 9.59 Å². The van der Waals surface area contributed by atoms with E-state index in [4.69, 9.17) is 28.4 Å². The fraction of sp³-hybridized carbons (Fsp3) is 0.357. The summed E-state index contributed by atoms with van der Waals surface area (Å²) in [5, 5.41) is 0.